The minimum absolute atomic E-state index is 0.286. The highest BCUT2D eigenvalue weighted by Gasteiger charge is 2.19. The molecule has 5 aromatic rings. The summed E-state index contributed by atoms with van der Waals surface area (Å²) in [4.78, 5) is 11.6. The number of hydrogen-bond acceptors (Lipinski definition) is 8. The number of halogens is 1. The fourth-order valence-corrected chi connectivity index (χ4v) is 5.42. The summed E-state index contributed by atoms with van der Waals surface area (Å²) in [5.74, 6) is 1.68. The molecule has 0 unspecified atom stereocenters. The van der Waals surface area contributed by atoms with E-state index in [4.69, 9.17) is 29.0 Å². The lowest BCUT2D eigenvalue weighted by Crippen LogP contribution is -2.29. The molecule has 0 atom stereocenters. The number of pyridine rings is 1. The van der Waals surface area contributed by atoms with Gasteiger partial charge < -0.3 is 33.5 Å². The van der Waals surface area contributed by atoms with Crippen LogP contribution in [0.15, 0.2) is 72.8 Å². The van der Waals surface area contributed by atoms with Crippen LogP contribution in [-0.4, -0.2) is 60.4 Å². The Hall–Kier alpha value is -4.51. The normalized spacial score (nSPS) is 12.8. The lowest BCUT2D eigenvalue weighted by atomic mass is 10.1. The van der Waals surface area contributed by atoms with Crippen molar-refractivity contribution in [3.05, 3.63) is 101 Å². The van der Waals surface area contributed by atoms with Crippen LogP contribution in [0.2, 0.25) is 0 Å². The van der Waals surface area contributed by atoms with Crippen LogP contribution in [0, 0.1) is 5.82 Å². The van der Waals surface area contributed by atoms with Crippen LogP contribution in [0.3, 0.4) is 0 Å². The van der Waals surface area contributed by atoms with Crippen LogP contribution < -0.4 is 14.4 Å². The van der Waals surface area contributed by atoms with Crippen molar-refractivity contribution in [2.24, 2.45) is 0 Å². The topological polar surface area (TPSA) is 91.1 Å². The molecule has 44 heavy (non-hydrogen) atoms. The Labute approximate surface area is 255 Å². The number of aliphatic hydroxyl groups is 1. The molecule has 0 radical (unpaired) electrons. The van der Waals surface area contributed by atoms with Gasteiger partial charge in [0.15, 0.2) is 0 Å². The van der Waals surface area contributed by atoms with Crippen LogP contribution >= 0.6 is 0 Å². The van der Waals surface area contributed by atoms with E-state index in [1.54, 1.807) is 19.2 Å². The van der Waals surface area contributed by atoms with Crippen LogP contribution in [-0.2, 0) is 35.7 Å². The third-order valence-electron chi connectivity index (χ3n) is 7.73. The van der Waals surface area contributed by atoms with Gasteiger partial charge >= 0.3 is 0 Å². The molecule has 0 amide bonds. The highest BCUT2D eigenvalue weighted by Crippen LogP contribution is 2.35. The molecular formula is C34H35FN4O5. The molecule has 1 aliphatic rings. The molecule has 228 valence electrons. The number of ether oxygens (including phenoxy) is 4. The number of anilines is 1. The quantitative estimate of drug-likeness (QED) is 0.192. The van der Waals surface area contributed by atoms with Crippen molar-refractivity contribution in [3.8, 4) is 22.9 Å². The van der Waals surface area contributed by atoms with Gasteiger partial charge in [-0.15, -0.1) is 0 Å². The first-order chi connectivity index (χ1) is 21.5. The number of para-hydroxylation sites is 1. The van der Waals surface area contributed by atoms with Crippen LogP contribution in [0.5, 0.6) is 11.6 Å². The van der Waals surface area contributed by atoms with Gasteiger partial charge in [0.1, 0.15) is 37.4 Å². The zero-order valence-electron chi connectivity index (χ0n) is 24.8. The summed E-state index contributed by atoms with van der Waals surface area (Å²) in [5.41, 5.74) is 6.40. The summed E-state index contributed by atoms with van der Waals surface area (Å²) < 4.78 is 40.0. The maximum absolute atomic E-state index is 15.5. The predicted molar refractivity (Wildman–Crippen MR) is 165 cm³/mol. The lowest BCUT2D eigenvalue weighted by Gasteiger charge is -2.29. The molecule has 0 saturated carbocycles. The SMILES string of the molecule is COCCn1c(Cc2ccc(-c3cccc(OCc4cccc5c4OCCN5C)n3)cc2F)nc2ccc(COCO)cc21. The molecule has 9 nitrogen and oxygen atoms in total. The van der Waals surface area contributed by atoms with Gasteiger partial charge in [0.2, 0.25) is 5.88 Å². The second-order valence-electron chi connectivity index (χ2n) is 10.6. The number of benzene rings is 3. The van der Waals surface area contributed by atoms with Gasteiger partial charge in [-0.2, -0.15) is 0 Å². The maximum Gasteiger partial charge on any atom is 0.214 e. The van der Waals surface area contributed by atoms with Gasteiger partial charge in [0.05, 0.1) is 42.2 Å². The molecule has 1 aliphatic heterocycles. The Kier molecular flexibility index (Phi) is 9.02. The Morgan fingerprint density at radius 1 is 0.977 bits per heavy atom. The largest absolute Gasteiger partial charge is 0.489 e. The predicted octanol–water partition coefficient (Wildman–Crippen LogP) is 5.35. The fourth-order valence-electron chi connectivity index (χ4n) is 5.42. The van der Waals surface area contributed by atoms with Gasteiger partial charge in [-0.05, 0) is 41.5 Å². The molecule has 0 spiro atoms. The maximum atomic E-state index is 15.5. The Balaban J connectivity index is 1.20. The van der Waals surface area contributed by atoms with Crippen LogP contribution in [0.25, 0.3) is 22.3 Å². The van der Waals surface area contributed by atoms with E-state index in [2.05, 4.69) is 9.88 Å². The molecule has 0 saturated heterocycles. The van der Waals surface area contributed by atoms with Crippen molar-refractivity contribution in [1.82, 2.24) is 14.5 Å². The zero-order valence-corrected chi connectivity index (χ0v) is 24.8. The highest BCUT2D eigenvalue weighted by molar-refractivity contribution is 5.77. The van der Waals surface area contributed by atoms with Gasteiger partial charge in [-0.25, -0.2) is 14.4 Å². The Morgan fingerprint density at radius 3 is 2.70 bits per heavy atom. The first-order valence-corrected chi connectivity index (χ1v) is 14.5. The Bertz CT molecular complexity index is 1760. The van der Waals surface area contributed by atoms with E-state index < -0.39 is 0 Å². The Morgan fingerprint density at radius 2 is 1.86 bits per heavy atom. The van der Waals surface area contributed by atoms with Crippen molar-refractivity contribution < 1.29 is 28.4 Å². The average molecular weight is 599 g/mol. The highest BCUT2D eigenvalue weighted by atomic mass is 19.1. The third-order valence-corrected chi connectivity index (χ3v) is 7.73. The van der Waals surface area contributed by atoms with Crippen molar-refractivity contribution in [2.75, 3.05) is 45.6 Å². The molecule has 2 aromatic heterocycles. The van der Waals surface area contributed by atoms with E-state index >= 15 is 4.39 Å². The van der Waals surface area contributed by atoms with Gasteiger partial charge in [0, 0.05) is 44.3 Å². The smallest absolute Gasteiger partial charge is 0.214 e. The second kappa shape index (κ2) is 13.4. The molecular weight excluding hydrogens is 563 g/mol. The molecule has 1 N–H and O–H groups in total. The number of likely N-dealkylation sites (N-methyl/N-ethyl adjacent to an activating group) is 1. The monoisotopic (exact) mass is 598 g/mol. The molecule has 0 fully saturated rings. The van der Waals surface area contributed by atoms with Gasteiger partial charge in [0.25, 0.3) is 0 Å². The van der Waals surface area contributed by atoms with Crippen LogP contribution in [0.1, 0.15) is 22.5 Å². The van der Waals surface area contributed by atoms with E-state index in [0.717, 1.165) is 46.0 Å². The van der Waals surface area contributed by atoms with Crippen molar-refractivity contribution in [1.29, 1.82) is 0 Å². The van der Waals surface area contributed by atoms with E-state index in [9.17, 15) is 0 Å². The minimum Gasteiger partial charge on any atom is -0.489 e. The van der Waals surface area contributed by atoms with Crippen LogP contribution in [0.4, 0.5) is 10.1 Å². The van der Waals surface area contributed by atoms with Crippen molar-refractivity contribution in [2.45, 2.75) is 26.2 Å². The number of fused-ring (bicyclic) bond motifs is 2. The fraction of sp³-hybridized carbons (Fsp3) is 0.294. The number of rotatable bonds is 12. The minimum atomic E-state index is -0.350. The van der Waals surface area contributed by atoms with E-state index in [1.807, 2.05) is 66.2 Å². The third kappa shape index (κ3) is 6.37. The van der Waals surface area contributed by atoms with E-state index in [1.165, 1.54) is 6.07 Å². The number of aromatic nitrogens is 3. The second-order valence-corrected chi connectivity index (χ2v) is 10.6. The van der Waals surface area contributed by atoms with Crippen molar-refractivity contribution >= 4 is 16.7 Å². The summed E-state index contributed by atoms with van der Waals surface area (Å²) in [6.45, 7) is 2.76. The summed E-state index contributed by atoms with van der Waals surface area (Å²) in [6, 6.07) is 22.5. The zero-order chi connectivity index (χ0) is 30.5. The number of imidazole rings is 1. The number of aliphatic hydroxyl groups excluding tert-OH is 1. The number of methoxy groups -OCH3 is 1. The molecule has 0 bridgehead atoms. The molecule has 10 heteroatoms. The first kappa shape index (κ1) is 29.6. The lowest BCUT2D eigenvalue weighted by molar-refractivity contribution is -0.0112. The van der Waals surface area contributed by atoms with E-state index in [0.29, 0.717) is 55.5 Å². The van der Waals surface area contributed by atoms with Gasteiger partial charge in [-0.1, -0.05) is 36.4 Å². The summed E-state index contributed by atoms with van der Waals surface area (Å²) in [7, 11) is 3.69. The number of hydrogen-bond donors (Lipinski definition) is 1. The summed E-state index contributed by atoms with van der Waals surface area (Å²) in [6.07, 6.45) is 0.308. The summed E-state index contributed by atoms with van der Waals surface area (Å²) >= 11 is 0. The van der Waals surface area contributed by atoms with Crippen molar-refractivity contribution in [3.63, 3.8) is 0 Å². The average Bonchev–Trinajstić information content (AvgIpc) is 3.39. The molecule has 6 rings (SSSR count). The molecule has 3 heterocycles. The number of nitrogens with zero attached hydrogens (tertiary/aromatic N) is 4. The van der Waals surface area contributed by atoms with E-state index in [-0.39, 0.29) is 19.2 Å². The van der Waals surface area contributed by atoms with Gasteiger partial charge in [-0.3, -0.25) is 0 Å². The molecule has 0 aliphatic carbocycles. The molecule has 3 aromatic carbocycles. The first-order valence-electron chi connectivity index (χ1n) is 14.5. The summed E-state index contributed by atoms with van der Waals surface area (Å²) in [5, 5.41) is 9.01. The standard InChI is InChI=1S/C34H35FN4O5/c1-38-13-16-43-34-26(5-3-7-30(34)38)21-44-33-8-4-6-28(37-33)25-11-10-24(27(35)18-25)19-32-36-29-12-9-23(20-42-22-40)17-31(29)39(32)14-15-41-2/h3-12,17-18,40H,13-16,19-22H2,1-2H3.